The second kappa shape index (κ2) is 16.2. The number of esters is 1. The van der Waals surface area contributed by atoms with Gasteiger partial charge in [0.05, 0.1) is 6.61 Å². The zero-order valence-corrected chi connectivity index (χ0v) is 21.4. The molecule has 5 N–H and O–H groups in total. The Hall–Kier alpha value is -3.47. The Morgan fingerprint density at radius 3 is 2.19 bits per heavy atom. The van der Waals surface area contributed by atoms with E-state index in [0.717, 1.165) is 12.0 Å². The highest BCUT2D eigenvalue weighted by molar-refractivity contribution is 5.92. The number of primary amides is 1. The number of ether oxygens (including phenoxy) is 2. The summed E-state index contributed by atoms with van der Waals surface area (Å²) < 4.78 is 10.6. The highest BCUT2D eigenvalue weighted by Gasteiger charge is 2.25. The van der Waals surface area contributed by atoms with Gasteiger partial charge in [-0.3, -0.25) is 24.0 Å². The van der Waals surface area contributed by atoms with Crippen LogP contribution >= 0.6 is 0 Å². The molecule has 0 unspecified atom stereocenters. The lowest BCUT2D eigenvalue weighted by Crippen LogP contribution is -2.53. The summed E-state index contributed by atoms with van der Waals surface area (Å²) in [6, 6.07) is 6.74. The molecule has 0 aliphatic carbocycles. The van der Waals surface area contributed by atoms with Crippen molar-refractivity contribution in [2.24, 2.45) is 5.73 Å². The summed E-state index contributed by atoms with van der Waals surface area (Å²) in [6.45, 7) is 6.84. The van der Waals surface area contributed by atoms with Gasteiger partial charge in [-0.2, -0.15) is 0 Å². The van der Waals surface area contributed by atoms with Crippen molar-refractivity contribution in [1.82, 2.24) is 16.0 Å². The molecule has 0 aromatic heterocycles. The molecule has 4 atom stereocenters. The van der Waals surface area contributed by atoms with Gasteiger partial charge in [0.25, 0.3) is 0 Å². The topological polar surface area (TPSA) is 166 Å². The molecule has 200 valence electrons. The Bertz CT molecular complexity index is 878. The molecule has 0 radical (unpaired) electrons. The average Bonchev–Trinajstić information content (AvgIpc) is 2.83. The van der Waals surface area contributed by atoms with E-state index in [2.05, 4.69) is 16.0 Å². The first kappa shape index (κ1) is 30.6. The van der Waals surface area contributed by atoms with Crippen LogP contribution in [0.5, 0.6) is 0 Å². The van der Waals surface area contributed by atoms with E-state index in [4.69, 9.17) is 15.2 Å². The molecular formula is C25H38N4O7. The molecule has 0 fully saturated rings. The lowest BCUT2D eigenvalue weighted by Gasteiger charge is -2.21. The molecule has 0 spiro atoms. The maximum absolute atomic E-state index is 12.5. The van der Waals surface area contributed by atoms with E-state index in [0.29, 0.717) is 6.42 Å². The zero-order valence-electron chi connectivity index (χ0n) is 21.4. The number of carbonyl (C=O) groups excluding carboxylic acids is 5. The third-order valence-electron chi connectivity index (χ3n) is 5.14. The van der Waals surface area contributed by atoms with Crippen LogP contribution in [0.1, 0.15) is 58.9 Å². The van der Waals surface area contributed by atoms with Crippen LogP contribution in [-0.4, -0.2) is 60.4 Å². The summed E-state index contributed by atoms with van der Waals surface area (Å²) in [5.74, 6) is -2.62. The molecule has 36 heavy (non-hydrogen) atoms. The van der Waals surface area contributed by atoms with Gasteiger partial charge in [0.2, 0.25) is 23.6 Å². The molecule has 1 aromatic carbocycles. The van der Waals surface area contributed by atoms with Crippen molar-refractivity contribution < 1.29 is 33.4 Å². The fourth-order valence-corrected chi connectivity index (χ4v) is 3.03. The number of nitrogens with one attached hydrogen (secondary N) is 3. The number of nitrogens with two attached hydrogens (primary N) is 1. The van der Waals surface area contributed by atoms with Gasteiger partial charge >= 0.3 is 5.97 Å². The van der Waals surface area contributed by atoms with E-state index in [1.54, 1.807) is 6.92 Å². The number of carbonyl (C=O) groups is 5. The monoisotopic (exact) mass is 506 g/mol. The second-order valence-corrected chi connectivity index (χ2v) is 8.57. The van der Waals surface area contributed by atoms with Crippen molar-refractivity contribution in [3.63, 3.8) is 0 Å². The Morgan fingerprint density at radius 2 is 1.58 bits per heavy atom. The van der Waals surface area contributed by atoms with E-state index in [9.17, 15) is 24.0 Å². The van der Waals surface area contributed by atoms with Crippen molar-refractivity contribution >= 4 is 29.6 Å². The predicted molar refractivity (Wildman–Crippen MR) is 132 cm³/mol. The van der Waals surface area contributed by atoms with Crippen LogP contribution in [0.25, 0.3) is 0 Å². The Kier molecular flexibility index (Phi) is 13.8. The summed E-state index contributed by atoms with van der Waals surface area (Å²) in [6.07, 6.45) is 0.0917. The average molecular weight is 507 g/mol. The van der Waals surface area contributed by atoms with Gasteiger partial charge in [-0.05, 0) is 39.2 Å². The lowest BCUT2D eigenvalue weighted by molar-refractivity contribution is -0.145. The third-order valence-corrected chi connectivity index (χ3v) is 5.14. The standard InChI is InChI=1S/C25H38N4O7/c1-5-9-21(30)27-16(2)14-35-18(4)25(34)28-17(3)24(33)29-20(23(26)32)12-13-22(31)36-15-19-10-7-6-8-11-19/h6-8,10-11,16-18,20H,5,9,12-15H2,1-4H3,(H2,26,32)(H,27,30)(H,28,34)(H,29,33)/t16-,17-,18-,20+/m0/s1. The minimum atomic E-state index is -1.11. The smallest absolute Gasteiger partial charge is 0.306 e. The number of amides is 4. The summed E-state index contributed by atoms with van der Waals surface area (Å²) in [7, 11) is 0. The van der Waals surface area contributed by atoms with Gasteiger partial charge < -0.3 is 31.2 Å². The Balaban J connectivity index is 2.43. The van der Waals surface area contributed by atoms with Crippen molar-refractivity contribution in [2.45, 2.75) is 84.2 Å². The fourth-order valence-electron chi connectivity index (χ4n) is 3.03. The minimum Gasteiger partial charge on any atom is -0.461 e. The molecule has 1 aromatic rings. The highest BCUT2D eigenvalue weighted by atomic mass is 16.5. The quantitative estimate of drug-likeness (QED) is 0.239. The van der Waals surface area contributed by atoms with Crippen LogP contribution in [0.2, 0.25) is 0 Å². The maximum Gasteiger partial charge on any atom is 0.306 e. The molecule has 0 heterocycles. The van der Waals surface area contributed by atoms with Crippen LogP contribution in [-0.2, 0) is 40.1 Å². The Labute approximate surface area is 211 Å². The molecule has 4 amide bonds. The van der Waals surface area contributed by atoms with E-state index < -0.39 is 41.9 Å². The van der Waals surface area contributed by atoms with Crippen molar-refractivity contribution in [1.29, 1.82) is 0 Å². The first-order valence-electron chi connectivity index (χ1n) is 12.0. The van der Waals surface area contributed by atoms with E-state index >= 15 is 0 Å². The number of rotatable bonds is 16. The van der Waals surface area contributed by atoms with Gasteiger partial charge in [0.1, 0.15) is 24.8 Å². The first-order valence-corrected chi connectivity index (χ1v) is 12.0. The normalized spacial score (nSPS) is 14.0. The third kappa shape index (κ3) is 12.3. The molecule has 0 saturated carbocycles. The van der Waals surface area contributed by atoms with Crippen LogP contribution in [0.4, 0.5) is 0 Å². The predicted octanol–water partition coefficient (Wildman–Crippen LogP) is 0.695. The second-order valence-electron chi connectivity index (χ2n) is 8.57. The number of hydrogen-bond acceptors (Lipinski definition) is 7. The van der Waals surface area contributed by atoms with Gasteiger partial charge in [-0.1, -0.05) is 37.3 Å². The van der Waals surface area contributed by atoms with Gasteiger partial charge in [0.15, 0.2) is 0 Å². The summed E-state index contributed by atoms with van der Waals surface area (Å²) in [5.41, 5.74) is 6.19. The fraction of sp³-hybridized carbons (Fsp3) is 0.560. The van der Waals surface area contributed by atoms with Gasteiger partial charge in [0, 0.05) is 18.9 Å². The molecular weight excluding hydrogens is 468 g/mol. The van der Waals surface area contributed by atoms with Crippen LogP contribution < -0.4 is 21.7 Å². The first-order chi connectivity index (χ1) is 17.0. The van der Waals surface area contributed by atoms with Crippen molar-refractivity contribution in [3.05, 3.63) is 35.9 Å². The molecule has 0 bridgehead atoms. The molecule has 0 aliphatic rings. The minimum absolute atomic E-state index is 0.0451. The number of hydrogen-bond donors (Lipinski definition) is 4. The SMILES string of the molecule is CCCC(=O)N[C@@H](C)CO[C@@H](C)C(=O)N[C@@H](C)C(=O)N[C@H](CCC(=O)OCc1ccccc1)C(N)=O. The zero-order chi connectivity index (χ0) is 27.1. The summed E-state index contributed by atoms with van der Waals surface area (Å²) >= 11 is 0. The highest BCUT2D eigenvalue weighted by Crippen LogP contribution is 2.05. The van der Waals surface area contributed by atoms with Gasteiger partial charge in [-0.25, -0.2) is 0 Å². The van der Waals surface area contributed by atoms with Gasteiger partial charge in [-0.15, -0.1) is 0 Å². The summed E-state index contributed by atoms with van der Waals surface area (Å²) in [5, 5.41) is 7.72. The summed E-state index contributed by atoms with van der Waals surface area (Å²) in [4.78, 5) is 60.2. The largest absolute Gasteiger partial charge is 0.461 e. The molecule has 1 rings (SSSR count). The van der Waals surface area contributed by atoms with E-state index in [1.807, 2.05) is 37.3 Å². The Morgan fingerprint density at radius 1 is 0.917 bits per heavy atom. The lowest BCUT2D eigenvalue weighted by atomic mass is 10.1. The van der Waals surface area contributed by atoms with E-state index in [-0.39, 0.29) is 38.0 Å². The van der Waals surface area contributed by atoms with Crippen LogP contribution in [0.3, 0.4) is 0 Å². The maximum atomic E-state index is 12.5. The number of benzene rings is 1. The van der Waals surface area contributed by atoms with Crippen LogP contribution in [0.15, 0.2) is 30.3 Å². The molecule has 0 aliphatic heterocycles. The molecule has 0 saturated heterocycles. The van der Waals surface area contributed by atoms with Crippen molar-refractivity contribution in [2.75, 3.05) is 6.61 Å². The van der Waals surface area contributed by atoms with Crippen LogP contribution in [0, 0.1) is 0 Å². The van der Waals surface area contributed by atoms with E-state index in [1.165, 1.54) is 13.8 Å². The van der Waals surface area contributed by atoms with Crippen molar-refractivity contribution in [3.8, 4) is 0 Å². The molecule has 11 nitrogen and oxygen atoms in total. The molecule has 11 heteroatoms.